The van der Waals surface area contributed by atoms with Crippen LogP contribution in [0.3, 0.4) is 0 Å². The normalized spacial score (nSPS) is 12.9. The van der Waals surface area contributed by atoms with Crippen molar-refractivity contribution in [3.05, 3.63) is 102 Å². The van der Waals surface area contributed by atoms with E-state index in [1.54, 1.807) is 12.1 Å². The highest BCUT2D eigenvalue weighted by Crippen LogP contribution is 2.22. The number of amides is 1. The summed E-state index contributed by atoms with van der Waals surface area (Å²) < 4.78 is 29.2. The molecule has 1 amide bonds. The minimum atomic E-state index is -2.86. The van der Waals surface area contributed by atoms with E-state index in [2.05, 4.69) is 10.1 Å². The summed E-state index contributed by atoms with van der Waals surface area (Å²) in [5.74, 6) is 0.0277. The zero-order valence-corrected chi connectivity index (χ0v) is 16.7. The molecule has 0 spiro atoms. The topological polar surface area (TPSA) is 54.9 Å². The van der Waals surface area contributed by atoms with Crippen molar-refractivity contribution in [1.29, 1.82) is 0 Å². The fourth-order valence-corrected chi connectivity index (χ4v) is 3.33. The Kier molecular flexibility index (Phi) is 7.51. The average Bonchev–Trinajstić information content (AvgIpc) is 2.76. The van der Waals surface area contributed by atoms with Crippen LogP contribution in [0.4, 0.5) is 8.78 Å². The van der Waals surface area contributed by atoms with E-state index in [1.165, 1.54) is 12.1 Å². The Hall–Kier alpha value is -3.25. The van der Waals surface area contributed by atoms with Gasteiger partial charge in [0.05, 0.1) is 6.04 Å². The van der Waals surface area contributed by atoms with Gasteiger partial charge < -0.3 is 15.4 Å². The van der Waals surface area contributed by atoms with E-state index in [4.69, 9.17) is 0 Å². The van der Waals surface area contributed by atoms with Gasteiger partial charge in [-0.3, -0.25) is 4.79 Å². The first-order valence-corrected chi connectivity index (χ1v) is 9.80. The second-order valence-corrected chi connectivity index (χ2v) is 6.98. The maximum absolute atomic E-state index is 12.5. The smallest absolute Gasteiger partial charge is 0.387 e. The second-order valence-electron chi connectivity index (χ2n) is 6.98. The Labute approximate surface area is 174 Å². The third-order valence-corrected chi connectivity index (χ3v) is 4.84. The molecule has 0 unspecified atom stereocenters. The van der Waals surface area contributed by atoms with Crippen LogP contribution in [0, 0.1) is 0 Å². The summed E-state index contributed by atoms with van der Waals surface area (Å²) in [6.45, 7) is -0.682. The Bertz CT molecular complexity index is 919. The SMILES string of the molecule is C[C@H](NC(=O)C[NH2+][C@@H](c1ccccc1)c1ccc(OC(F)F)cc1)c1ccccc1. The molecule has 6 heteroatoms. The number of carbonyl (C=O) groups excluding carboxylic acids is 1. The van der Waals surface area contributed by atoms with Crippen molar-refractivity contribution in [1.82, 2.24) is 5.32 Å². The van der Waals surface area contributed by atoms with E-state index in [0.29, 0.717) is 0 Å². The van der Waals surface area contributed by atoms with Gasteiger partial charge in [-0.15, -0.1) is 0 Å². The molecule has 30 heavy (non-hydrogen) atoms. The maximum atomic E-state index is 12.5. The summed E-state index contributed by atoms with van der Waals surface area (Å²) in [4.78, 5) is 12.5. The van der Waals surface area contributed by atoms with Crippen LogP contribution in [-0.4, -0.2) is 19.1 Å². The Morgan fingerprint density at radius 1 is 0.867 bits per heavy atom. The van der Waals surface area contributed by atoms with E-state index in [1.807, 2.05) is 72.9 Å². The third-order valence-electron chi connectivity index (χ3n) is 4.84. The van der Waals surface area contributed by atoms with Crippen molar-refractivity contribution >= 4 is 5.91 Å². The van der Waals surface area contributed by atoms with Crippen molar-refractivity contribution in [3.8, 4) is 5.75 Å². The van der Waals surface area contributed by atoms with Crippen LogP contribution >= 0.6 is 0 Å². The molecule has 0 radical (unpaired) electrons. The molecule has 0 fully saturated rings. The summed E-state index contributed by atoms with van der Waals surface area (Å²) in [5.41, 5.74) is 2.95. The van der Waals surface area contributed by atoms with E-state index in [9.17, 15) is 13.6 Å². The molecule has 3 rings (SSSR count). The molecule has 0 aromatic heterocycles. The molecule has 2 atom stereocenters. The van der Waals surface area contributed by atoms with E-state index < -0.39 is 6.61 Å². The van der Waals surface area contributed by atoms with Crippen LogP contribution in [0.5, 0.6) is 5.75 Å². The predicted octanol–water partition coefficient (Wildman–Crippen LogP) is 3.82. The summed E-state index contributed by atoms with van der Waals surface area (Å²) in [7, 11) is 0. The van der Waals surface area contributed by atoms with Gasteiger partial charge in [0.2, 0.25) is 0 Å². The fourth-order valence-electron chi connectivity index (χ4n) is 3.33. The molecule has 4 nitrogen and oxygen atoms in total. The van der Waals surface area contributed by atoms with Crippen molar-refractivity contribution in [3.63, 3.8) is 0 Å². The van der Waals surface area contributed by atoms with Crippen molar-refractivity contribution in [2.45, 2.75) is 25.6 Å². The standard InChI is InChI=1S/C24H24F2N2O2/c1-17(18-8-4-2-5-9-18)28-22(29)16-27-23(19-10-6-3-7-11-19)20-12-14-21(15-13-20)30-24(25)26/h2-15,17,23-24,27H,16H2,1H3,(H,28,29)/p+1/t17-,23-/m0/s1. The second kappa shape index (κ2) is 10.5. The molecule has 0 saturated heterocycles. The lowest BCUT2D eigenvalue weighted by Crippen LogP contribution is -2.87. The van der Waals surface area contributed by atoms with Crippen molar-refractivity contribution in [2.75, 3.05) is 6.54 Å². The molecule has 3 N–H and O–H groups in total. The Balaban J connectivity index is 1.68. The molecule has 0 heterocycles. The zero-order chi connectivity index (χ0) is 21.3. The number of quaternary nitrogens is 1. The molecule has 3 aromatic carbocycles. The number of ether oxygens (including phenoxy) is 1. The number of nitrogens with one attached hydrogen (secondary N) is 1. The monoisotopic (exact) mass is 411 g/mol. The minimum absolute atomic E-state index is 0.0788. The van der Waals surface area contributed by atoms with Crippen LogP contribution in [0.15, 0.2) is 84.9 Å². The van der Waals surface area contributed by atoms with Gasteiger partial charge >= 0.3 is 6.61 Å². The predicted molar refractivity (Wildman–Crippen MR) is 111 cm³/mol. The van der Waals surface area contributed by atoms with Crippen LogP contribution in [0.1, 0.15) is 35.7 Å². The lowest BCUT2D eigenvalue weighted by molar-refractivity contribution is -0.676. The number of alkyl halides is 2. The summed E-state index contributed by atoms with van der Waals surface area (Å²) >= 11 is 0. The highest BCUT2D eigenvalue weighted by molar-refractivity contribution is 5.77. The van der Waals surface area contributed by atoms with Gasteiger partial charge in [-0.2, -0.15) is 8.78 Å². The summed E-state index contributed by atoms with van der Waals surface area (Å²) in [6, 6.07) is 25.8. The number of carbonyl (C=O) groups is 1. The fraction of sp³-hybridized carbons (Fsp3) is 0.208. The van der Waals surface area contributed by atoms with Gasteiger partial charge in [0.1, 0.15) is 11.8 Å². The summed E-state index contributed by atoms with van der Waals surface area (Å²) in [5, 5.41) is 4.95. The number of nitrogens with two attached hydrogens (primary N) is 1. The maximum Gasteiger partial charge on any atom is 0.387 e. The van der Waals surface area contributed by atoms with Crippen LogP contribution < -0.4 is 15.4 Å². The molecule has 3 aromatic rings. The number of halogens is 2. The molecule has 0 aliphatic heterocycles. The molecular weight excluding hydrogens is 386 g/mol. The number of benzene rings is 3. The summed E-state index contributed by atoms with van der Waals surface area (Å²) in [6.07, 6.45) is 0. The van der Waals surface area contributed by atoms with Gasteiger partial charge in [-0.25, -0.2) is 0 Å². The highest BCUT2D eigenvalue weighted by atomic mass is 19.3. The molecule has 0 saturated carbocycles. The van der Waals surface area contributed by atoms with E-state index in [-0.39, 0.29) is 30.3 Å². The van der Waals surface area contributed by atoms with Crippen molar-refractivity contribution < 1.29 is 23.6 Å². The number of rotatable bonds is 9. The molecule has 0 aliphatic carbocycles. The average molecular weight is 411 g/mol. The van der Waals surface area contributed by atoms with Crippen molar-refractivity contribution in [2.24, 2.45) is 0 Å². The van der Waals surface area contributed by atoms with Gasteiger partial charge in [0.15, 0.2) is 6.54 Å². The Morgan fingerprint density at radius 3 is 1.97 bits per heavy atom. The molecule has 0 aliphatic rings. The first kappa shape index (κ1) is 21.5. The third kappa shape index (κ3) is 6.12. The van der Waals surface area contributed by atoms with Crippen LogP contribution in [-0.2, 0) is 4.79 Å². The van der Waals surface area contributed by atoms with E-state index in [0.717, 1.165) is 16.7 Å². The van der Waals surface area contributed by atoms with Gasteiger partial charge in [-0.1, -0.05) is 60.7 Å². The zero-order valence-electron chi connectivity index (χ0n) is 16.7. The van der Waals surface area contributed by atoms with E-state index >= 15 is 0 Å². The first-order chi connectivity index (χ1) is 14.5. The lowest BCUT2D eigenvalue weighted by Gasteiger charge is -2.18. The minimum Gasteiger partial charge on any atom is -0.435 e. The molecule has 0 bridgehead atoms. The molecular formula is C24H25F2N2O2+. The Morgan fingerprint density at radius 2 is 1.40 bits per heavy atom. The quantitative estimate of drug-likeness (QED) is 0.563. The van der Waals surface area contributed by atoms with Crippen LogP contribution in [0.25, 0.3) is 0 Å². The number of hydrogen-bond donors (Lipinski definition) is 2. The first-order valence-electron chi connectivity index (χ1n) is 9.80. The van der Waals surface area contributed by atoms with Gasteiger partial charge in [0.25, 0.3) is 5.91 Å². The van der Waals surface area contributed by atoms with Gasteiger partial charge in [0, 0.05) is 11.1 Å². The van der Waals surface area contributed by atoms with Crippen LogP contribution in [0.2, 0.25) is 0 Å². The van der Waals surface area contributed by atoms with Gasteiger partial charge in [-0.05, 0) is 36.8 Å². The number of hydrogen-bond acceptors (Lipinski definition) is 2. The lowest BCUT2D eigenvalue weighted by atomic mass is 9.98. The highest BCUT2D eigenvalue weighted by Gasteiger charge is 2.20. The molecule has 156 valence electrons. The largest absolute Gasteiger partial charge is 0.435 e.